The van der Waals surface area contributed by atoms with Crippen molar-refractivity contribution in [2.45, 2.75) is 39.2 Å². The molecule has 1 heterocycles. The summed E-state index contributed by atoms with van der Waals surface area (Å²) in [7, 11) is -2.90. The largest absolute Gasteiger partial charge is 0.214 e. The highest BCUT2D eigenvalue weighted by atomic mass is 32.2. The molecule has 0 bridgehead atoms. The van der Waals surface area contributed by atoms with Crippen molar-refractivity contribution in [3.05, 3.63) is 0 Å². The van der Waals surface area contributed by atoms with Gasteiger partial charge in [-0.3, -0.25) is 0 Å². The van der Waals surface area contributed by atoms with E-state index in [0.29, 0.717) is 11.8 Å². The third-order valence-electron chi connectivity index (χ3n) is 2.38. The first-order chi connectivity index (χ1) is 5.61. The molecule has 1 aliphatic heterocycles. The molecule has 0 N–H and O–H groups in total. The van der Waals surface area contributed by atoms with Crippen LogP contribution in [0.25, 0.3) is 0 Å². The first kappa shape index (κ1) is 9.99. The van der Waals surface area contributed by atoms with Gasteiger partial charge in [-0.25, -0.2) is 8.42 Å². The van der Waals surface area contributed by atoms with Crippen molar-refractivity contribution in [2.24, 2.45) is 0 Å². The molecule has 1 aliphatic rings. The van der Waals surface area contributed by atoms with Crippen molar-refractivity contribution in [2.75, 3.05) is 12.3 Å². The van der Waals surface area contributed by atoms with Crippen molar-refractivity contribution in [3.8, 4) is 0 Å². The lowest BCUT2D eigenvalue weighted by molar-refractivity contribution is 0.194. The fourth-order valence-electron chi connectivity index (χ4n) is 1.57. The molecule has 0 spiro atoms. The van der Waals surface area contributed by atoms with Crippen LogP contribution in [-0.4, -0.2) is 31.1 Å². The molecule has 0 saturated carbocycles. The Kier molecular flexibility index (Phi) is 3.12. The highest BCUT2D eigenvalue weighted by Gasteiger charge is 2.35. The summed E-state index contributed by atoms with van der Waals surface area (Å²) < 4.78 is 24.7. The molecule has 1 saturated heterocycles. The van der Waals surface area contributed by atoms with Crippen LogP contribution in [0.5, 0.6) is 0 Å². The summed E-state index contributed by atoms with van der Waals surface area (Å²) in [6, 6.07) is 0.293. The maximum absolute atomic E-state index is 11.5. The predicted molar refractivity (Wildman–Crippen MR) is 49.5 cm³/mol. The zero-order valence-corrected chi connectivity index (χ0v) is 8.60. The Balaban J connectivity index is 2.57. The van der Waals surface area contributed by atoms with Crippen LogP contribution in [-0.2, 0) is 10.0 Å². The topological polar surface area (TPSA) is 37.4 Å². The van der Waals surface area contributed by atoms with Crippen LogP contribution in [0.2, 0.25) is 0 Å². The maximum Gasteiger partial charge on any atom is 0.214 e. The van der Waals surface area contributed by atoms with Gasteiger partial charge in [0.25, 0.3) is 0 Å². The zero-order chi connectivity index (χ0) is 9.19. The van der Waals surface area contributed by atoms with Gasteiger partial charge >= 0.3 is 0 Å². The lowest BCUT2D eigenvalue weighted by Crippen LogP contribution is -2.51. The predicted octanol–water partition coefficient (Wildman–Crippen LogP) is 1.21. The van der Waals surface area contributed by atoms with E-state index in [2.05, 4.69) is 0 Å². The first-order valence-corrected chi connectivity index (χ1v) is 6.22. The highest BCUT2D eigenvalue weighted by Crippen LogP contribution is 2.24. The molecule has 0 aromatic carbocycles. The molecule has 12 heavy (non-hydrogen) atoms. The lowest BCUT2D eigenvalue weighted by atomic mass is 10.1. The molecule has 0 amide bonds. The van der Waals surface area contributed by atoms with Gasteiger partial charge in [-0.1, -0.05) is 13.8 Å². The standard InChI is InChI=1S/C8H17NO2S/c1-3-7-12(10,11)9-6-5-8(9)4-2/h8H,3-7H2,1-2H3. The summed E-state index contributed by atoms with van der Waals surface area (Å²) in [6.45, 7) is 4.68. The van der Waals surface area contributed by atoms with Gasteiger partial charge in [0.2, 0.25) is 10.0 Å². The molecule has 0 aromatic heterocycles. The van der Waals surface area contributed by atoms with Gasteiger partial charge in [-0.2, -0.15) is 4.31 Å². The number of hydrogen-bond acceptors (Lipinski definition) is 2. The minimum Gasteiger partial charge on any atom is -0.212 e. The van der Waals surface area contributed by atoms with E-state index >= 15 is 0 Å². The van der Waals surface area contributed by atoms with Crippen molar-refractivity contribution < 1.29 is 8.42 Å². The van der Waals surface area contributed by atoms with Crippen molar-refractivity contribution in [1.82, 2.24) is 4.31 Å². The third-order valence-corrected chi connectivity index (χ3v) is 4.50. The molecular weight excluding hydrogens is 174 g/mol. The quantitative estimate of drug-likeness (QED) is 0.670. The Morgan fingerprint density at radius 2 is 2.08 bits per heavy atom. The first-order valence-electron chi connectivity index (χ1n) is 4.61. The molecule has 1 fully saturated rings. The van der Waals surface area contributed by atoms with Gasteiger partial charge in [0, 0.05) is 12.6 Å². The molecule has 1 atom stereocenters. The average molecular weight is 191 g/mol. The van der Waals surface area contributed by atoms with Crippen LogP contribution in [0.15, 0.2) is 0 Å². The van der Waals surface area contributed by atoms with Crippen LogP contribution < -0.4 is 0 Å². The second-order valence-corrected chi connectivity index (χ2v) is 5.32. The molecule has 0 aromatic rings. The Hall–Kier alpha value is -0.0900. The van der Waals surface area contributed by atoms with E-state index in [0.717, 1.165) is 25.8 Å². The molecule has 72 valence electrons. The molecule has 1 unspecified atom stereocenters. The Morgan fingerprint density at radius 1 is 1.42 bits per heavy atom. The fourth-order valence-corrected chi connectivity index (χ4v) is 3.41. The van der Waals surface area contributed by atoms with Crippen molar-refractivity contribution in [3.63, 3.8) is 0 Å². The maximum atomic E-state index is 11.5. The number of hydrogen-bond donors (Lipinski definition) is 0. The molecular formula is C8H17NO2S. The summed E-state index contributed by atoms with van der Waals surface area (Å²) in [5.41, 5.74) is 0. The molecule has 1 rings (SSSR count). The van der Waals surface area contributed by atoms with Gasteiger partial charge in [-0.15, -0.1) is 0 Å². The van der Waals surface area contributed by atoms with Crippen LogP contribution >= 0.6 is 0 Å². The summed E-state index contributed by atoms with van der Waals surface area (Å²) >= 11 is 0. The average Bonchev–Trinajstić information content (AvgIpc) is 1.83. The lowest BCUT2D eigenvalue weighted by Gasteiger charge is -2.39. The zero-order valence-electron chi connectivity index (χ0n) is 7.78. The minimum absolute atomic E-state index is 0.293. The van der Waals surface area contributed by atoms with E-state index in [1.807, 2.05) is 13.8 Å². The minimum atomic E-state index is -2.90. The van der Waals surface area contributed by atoms with E-state index < -0.39 is 10.0 Å². The van der Waals surface area contributed by atoms with Gasteiger partial charge in [-0.05, 0) is 19.3 Å². The van der Waals surface area contributed by atoms with Crippen LogP contribution in [0.3, 0.4) is 0 Å². The summed E-state index contributed by atoms with van der Waals surface area (Å²) in [5, 5.41) is 0. The van der Waals surface area contributed by atoms with Gasteiger partial charge in [0.15, 0.2) is 0 Å². The van der Waals surface area contributed by atoms with Crippen LogP contribution in [0, 0.1) is 0 Å². The Labute approximate surface area is 74.8 Å². The van der Waals surface area contributed by atoms with Crippen molar-refractivity contribution in [1.29, 1.82) is 0 Å². The van der Waals surface area contributed by atoms with Crippen molar-refractivity contribution >= 4 is 10.0 Å². The Morgan fingerprint density at radius 3 is 2.42 bits per heavy atom. The smallest absolute Gasteiger partial charge is 0.212 e. The van der Waals surface area contributed by atoms with Gasteiger partial charge in [0.05, 0.1) is 5.75 Å². The number of nitrogens with zero attached hydrogens (tertiary/aromatic N) is 1. The van der Waals surface area contributed by atoms with Gasteiger partial charge in [0.1, 0.15) is 0 Å². The highest BCUT2D eigenvalue weighted by molar-refractivity contribution is 7.89. The summed E-state index contributed by atoms with van der Waals surface area (Å²) in [4.78, 5) is 0. The molecule has 0 radical (unpaired) electrons. The van der Waals surface area contributed by atoms with Gasteiger partial charge < -0.3 is 0 Å². The molecule has 3 nitrogen and oxygen atoms in total. The molecule has 0 aliphatic carbocycles. The summed E-state index contributed by atoms with van der Waals surface area (Å²) in [5.74, 6) is 0.309. The SMILES string of the molecule is CCCS(=O)(=O)N1CCC1CC. The second-order valence-electron chi connectivity index (χ2n) is 3.28. The van der Waals surface area contributed by atoms with Crippen LogP contribution in [0.1, 0.15) is 33.1 Å². The van der Waals surface area contributed by atoms with Crippen LogP contribution in [0.4, 0.5) is 0 Å². The van der Waals surface area contributed by atoms with E-state index in [4.69, 9.17) is 0 Å². The number of rotatable bonds is 4. The van der Waals surface area contributed by atoms with E-state index in [1.165, 1.54) is 0 Å². The van der Waals surface area contributed by atoms with E-state index in [-0.39, 0.29) is 0 Å². The summed E-state index contributed by atoms with van der Waals surface area (Å²) in [6.07, 6.45) is 2.71. The molecule has 4 heteroatoms. The normalized spacial score (nSPS) is 25.3. The monoisotopic (exact) mass is 191 g/mol. The van der Waals surface area contributed by atoms with E-state index in [1.54, 1.807) is 4.31 Å². The van der Waals surface area contributed by atoms with E-state index in [9.17, 15) is 8.42 Å². The second kappa shape index (κ2) is 3.75. The fraction of sp³-hybridized carbons (Fsp3) is 1.00. The third kappa shape index (κ3) is 1.80. The number of sulfonamides is 1. The Bertz CT molecular complexity index is 233.